The zero-order chi connectivity index (χ0) is 13.5. The van der Waals surface area contributed by atoms with E-state index in [2.05, 4.69) is 10.4 Å². The molecule has 2 N–H and O–H groups in total. The molecular formula is C13H23N3O2. The van der Waals surface area contributed by atoms with Crippen LogP contribution in [0.5, 0.6) is 0 Å². The summed E-state index contributed by atoms with van der Waals surface area (Å²) in [5.41, 5.74) is 1.06. The Morgan fingerprint density at radius 3 is 2.83 bits per heavy atom. The summed E-state index contributed by atoms with van der Waals surface area (Å²) in [5, 5.41) is 16.5. The van der Waals surface area contributed by atoms with Gasteiger partial charge in [0.2, 0.25) is 5.91 Å². The highest BCUT2D eigenvalue weighted by Crippen LogP contribution is 2.04. The Balaban J connectivity index is 2.14. The van der Waals surface area contributed by atoms with E-state index < -0.39 is 0 Å². The predicted molar refractivity (Wildman–Crippen MR) is 70.0 cm³/mol. The predicted octanol–water partition coefficient (Wildman–Crippen LogP) is 0.876. The van der Waals surface area contributed by atoms with Gasteiger partial charge in [0.1, 0.15) is 0 Å². The van der Waals surface area contributed by atoms with Crippen LogP contribution in [0.2, 0.25) is 0 Å². The van der Waals surface area contributed by atoms with Crippen LogP contribution in [0, 0.1) is 5.92 Å². The van der Waals surface area contributed by atoms with Crippen LogP contribution in [0.4, 0.5) is 0 Å². The van der Waals surface area contributed by atoms with Crippen LogP contribution in [0.15, 0.2) is 12.4 Å². The number of aromatic nitrogens is 2. The number of nitrogens with one attached hydrogen (secondary N) is 1. The van der Waals surface area contributed by atoms with Crippen molar-refractivity contribution >= 4 is 5.91 Å². The Kier molecular flexibility index (Phi) is 5.85. The van der Waals surface area contributed by atoms with Gasteiger partial charge in [-0.2, -0.15) is 5.10 Å². The number of rotatable bonds is 7. The second kappa shape index (κ2) is 7.16. The zero-order valence-corrected chi connectivity index (χ0v) is 11.4. The van der Waals surface area contributed by atoms with Gasteiger partial charge in [-0.15, -0.1) is 0 Å². The Morgan fingerprint density at radius 2 is 2.28 bits per heavy atom. The molecule has 0 aliphatic rings. The van der Waals surface area contributed by atoms with Gasteiger partial charge in [0.15, 0.2) is 0 Å². The molecule has 0 bridgehead atoms. The molecule has 0 spiro atoms. The van der Waals surface area contributed by atoms with E-state index in [1.807, 2.05) is 27.1 Å². The van der Waals surface area contributed by atoms with Crippen molar-refractivity contribution in [1.82, 2.24) is 15.1 Å². The third-order valence-electron chi connectivity index (χ3n) is 2.93. The monoisotopic (exact) mass is 253 g/mol. The summed E-state index contributed by atoms with van der Waals surface area (Å²) < 4.78 is 1.73. The van der Waals surface area contributed by atoms with Crippen LogP contribution < -0.4 is 5.32 Å². The number of aryl methyl sites for hydroxylation is 2. The number of aliphatic hydroxyl groups is 1. The van der Waals surface area contributed by atoms with Gasteiger partial charge in [-0.3, -0.25) is 9.48 Å². The number of aliphatic hydroxyl groups excluding tert-OH is 1. The lowest BCUT2D eigenvalue weighted by Crippen LogP contribution is -2.28. The first-order valence-electron chi connectivity index (χ1n) is 6.41. The Bertz CT molecular complexity index is 374. The van der Waals surface area contributed by atoms with E-state index in [0.29, 0.717) is 25.8 Å². The van der Waals surface area contributed by atoms with Gasteiger partial charge in [0, 0.05) is 26.2 Å². The maximum Gasteiger partial charge on any atom is 0.220 e. The molecule has 1 atom stereocenters. The van der Waals surface area contributed by atoms with Gasteiger partial charge in [0.05, 0.1) is 12.3 Å². The molecule has 0 aliphatic heterocycles. The largest absolute Gasteiger partial charge is 0.393 e. The van der Waals surface area contributed by atoms with Crippen LogP contribution in [-0.2, 0) is 18.3 Å². The van der Waals surface area contributed by atoms with Crippen molar-refractivity contribution in [2.75, 3.05) is 6.54 Å². The van der Waals surface area contributed by atoms with Gasteiger partial charge in [-0.05, 0) is 24.3 Å². The molecule has 1 heterocycles. The second-order valence-electron chi connectivity index (χ2n) is 4.97. The van der Waals surface area contributed by atoms with Crippen molar-refractivity contribution in [2.24, 2.45) is 13.0 Å². The molecule has 0 radical (unpaired) electrons. The molecule has 5 nitrogen and oxygen atoms in total. The lowest BCUT2D eigenvalue weighted by Gasteiger charge is -2.14. The first-order chi connectivity index (χ1) is 8.49. The fraction of sp³-hybridized carbons (Fsp3) is 0.692. The number of carbonyl (C=O) groups excluding carboxylic acids is 1. The molecule has 0 saturated heterocycles. The minimum atomic E-state index is -0.344. The van der Waals surface area contributed by atoms with Gasteiger partial charge >= 0.3 is 0 Å². The van der Waals surface area contributed by atoms with Gasteiger partial charge in [0.25, 0.3) is 0 Å². The molecule has 5 heteroatoms. The highest BCUT2D eigenvalue weighted by molar-refractivity contribution is 5.76. The Hall–Kier alpha value is -1.36. The summed E-state index contributed by atoms with van der Waals surface area (Å²) in [7, 11) is 1.86. The molecule has 102 valence electrons. The molecule has 0 aromatic carbocycles. The molecule has 1 aromatic rings. The maximum atomic E-state index is 11.6. The van der Waals surface area contributed by atoms with Crippen LogP contribution >= 0.6 is 0 Å². The van der Waals surface area contributed by atoms with Crippen LogP contribution in [-0.4, -0.2) is 33.4 Å². The summed E-state index contributed by atoms with van der Waals surface area (Å²) in [4.78, 5) is 11.6. The normalized spacial score (nSPS) is 12.7. The first-order valence-corrected chi connectivity index (χ1v) is 6.41. The number of hydrogen-bond acceptors (Lipinski definition) is 3. The third kappa shape index (κ3) is 5.31. The molecule has 18 heavy (non-hydrogen) atoms. The summed E-state index contributed by atoms with van der Waals surface area (Å²) in [5.74, 6) is 0.257. The van der Waals surface area contributed by atoms with Crippen LogP contribution in [0.25, 0.3) is 0 Å². The number of carbonyl (C=O) groups is 1. The van der Waals surface area contributed by atoms with Crippen molar-refractivity contribution in [2.45, 2.75) is 39.2 Å². The van der Waals surface area contributed by atoms with E-state index >= 15 is 0 Å². The number of hydrogen-bond donors (Lipinski definition) is 2. The van der Waals surface area contributed by atoms with Crippen molar-refractivity contribution in [1.29, 1.82) is 0 Å². The van der Waals surface area contributed by atoms with Crippen molar-refractivity contribution < 1.29 is 9.90 Å². The van der Waals surface area contributed by atoms with E-state index in [0.717, 1.165) is 5.56 Å². The fourth-order valence-electron chi connectivity index (χ4n) is 1.64. The summed E-state index contributed by atoms with van der Waals surface area (Å²) >= 11 is 0. The van der Waals surface area contributed by atoms with E-state index in [1.165, 1.54) is 0 Å². The lowest BCUT2D eigenvalue weighted by atomic mass is 10.0. The molecule has 1 aromatic heterocycles. The second-order valence-corrected chi connectivity index (χ2v) is 4.97. The maximum absolute atomic E-state index is 11.6. The summed E-state index contributed by atoms with van der Waals surface area (Å²) in [6, 6.07) is 0. The molecule has 0 saturated carbocycles. The molecule has 0 fully saturated rings. The van der Waals surface area contributed by atoms with Crippen molar-refractivity contribution in [3.8, 4) is 0 Å². The van der Waals surface area contributed by atoms with Crippen molar-refractivity contribution in [3.05, 3.63) is 18.0 Å². The quantitative estimate of drug-likeness (QED) is 0.758. The van der Waals surface area contributed by atoms with E-state index in [9.17, 15) is 9.90 Å². The minimum absolute atomic E-state index is 0.0230. The van der Waals surface area contributed by atoms with Crippen molar-refractivity contribution in [3.63, 3.8) is 0 Å². The fourth-order valence-corrected chi connectivity index (χ4v) is 1.64. The lowest BCUT2D eigenvalue weighted by molar-refractivity contribution is -0.121. The molecule has 1 amide bonds. The SMILES string of the molecule is CC(C)C(O)CCNC(=O)CCc1cnn(C)c1. The minimum Gasteiger partial charge on any atom is -0.393 e. The number of nitrogens with zero attached hydrogens (tertiary/aromatic N) is 2. The molecular weight excluding hydrogens is 230 g/mol. The smallest absolute Gasteiger partial charge is 0.220 e. The Morgan fingerprint density at radius 1 is 1.56 bits per heavy atom. The first kappa shape index (κ1) is 14.7. The van der Waals surface area contributed by atoms with Gasteiger partial charge in [-0.1, -0.05) is 13.8 Å². The van der Waals surface area contributed by atoms with E-state index in [1.54, 1.807) is 10.9 Å². The molecule has 0 aliphatic carbocycles. The Labute approximate surface area is 108 Å². The third-order valence-corrected chi connectivity index (χ3v) is 2.93. The van der Waals surface area contributed by atoms with Crippen LogP contribution in [0.1, 0.15) is 32.3 Å². The average molecular weight is 253 g/mol. The molecule has 1 unspecified atom stereocenters. The van der Waals surface area contributed by atoms with Gasteiger partial charge < -0.3 is 10.4 Å². The highest BCUT2D eigenvalue weighted by Gasteiger charge is 2.09. The van der Waals surface area contributed by atoms with E-state index in [4.69, 9.17) is 0 Å². The summed E-state index contributed by atoms with van der Waals surface area (Å²) in [6.45, 7) is 4.47. The topological polar surface area (TPSA) is 67.2 Å². The van der Waals surface area contributed by atoms with Gasteiger partial charge in [-0.25, -0.2) is 0 Å². The highest BCUT2D eigenvalue weighted by atomic mass is 16.3. The molecule has 1 rings (SSSR count). The van der Waals surface area contributed by atoms with Crippen LogP contribution in [0.3, 0.4) is 0 Å². The van der Waals surface area contributed by atoms with E-state index in [-0.39, 0.29) is 17.9 Å². The average Bonchev–Trinajstić information content (AvgIpc) is 2.72. The number of amides is 1. The standard InChI is InChI=1S/C13H23N3O2/c1-10(2)12(17)6-7-14-13(18)5-4-11-8-15-16(3)9-11/h8-10,12,17H,4-7H2,1-3H3,(H,14,18). The zero-order valence-electron chi connectivity index (χ0n) is 11.4. The summed E-state index contributed by atoms with van der Waals surface area (Å²) in [6.07, 6.45) is 5.11.